The molecule has 0 atom stereocenters. The van der Waals surface area contributed by atoms with Crippen molar-refractivity contribution in [2.45, 2.75) is 6.54 Å². The van der Waals surface area contributed by atoms with Gasteiger partial charge in [0, 0.05) is 34.8 Å². The molecule has 2 aromatic carbocycles. The first-order chi connectivity index (χ1) is 9.88. The highest BCUT2D eigenvalue weighted by Crippen LogP contribution is 2.25. The molecule has 2 rings (SSSR count). The Bertz CT molecular complexity index is 710. The normalized spacial score (nSPS) is 10.5. The van der Waals surface area contributed by atoms with Gasteiger partial charge in [0.15, 0.2) is 11.6 Å². The maximum absolute atomic E-state index is 13.5. The average molecular weight is 361 g/mol. The lowest BCUT2D eigenvalue weighted by atomic mass is 10.1. The van der Waals surface area contributed by atoms with Crippen LogP contribution in [0.1, 0.15) is 5.56 Å². The summed E-state index contributed by atoms with van der Waals surface area (Å²) >= 11 is 3.11. The van der Waals surface area contributed by atoms with E-state index in [9.17, 15) is 23.3 Å². The summed E-state index contributed by atoms with van der Waals surface area (Å²) in [5, 5.41) is 13.4. The Morgan fingerprint density at radius 1 is 1.19 bits per heavy atom. The van der Waals surface area contributed by atoms with Crippen molar-refractivity contribution >= 4 is 27.3 Å². The molecule has 0 amide bonds. The zero-order chi connectivity index (χ0) is 15.6. The number of nitro benzene ring substituents is 1. The van der Waals surface area contributed by atoms with Gasteiger partial charge in [0.25, 0.3) is 5.69 Å². The molecule has 2 aromatic rings. The maximum atomic E-state index is 13.5. The second-order valence-corrected chi connectivity index (χ2v) is 5.05. The third-order valence-corrected chi connectivity index (χ3v) is 3.20. The van der Waals surface area contributed by atoms with Crippen molar-refractivity contribution in [3.8, 4) is 0 Å². The standard InChI is InChI=1S/C13H8BrF3N2O2/c14-8-2-1-7(12(3-8)19(20)21)6-18-11-5-9(15)4-10(16)13(11)17/h1-5,18H,6H2. The van der Waals surface area contributed by atoms with Crippen LogP contribution in [0.2, 0.25) is 0 Å². The average Bonchev–Trinajstić information content (AvgIpc) is 2.42. The van der Waals surface area contributed by atoms with E-state index < -0.39 is 28.1 Å². The minimum Gasteiger partial charge on any atom is -0.378 e. The summed E-state index contributed by atoms with van der Waals surface area (Å²) in [5.74, 6) is -3.51. The Morgan fingerprint density at radius 3 is 2.57 bits per heavy atom. The second kappa shape index (κ2) is 6.13. The van der Waals surface area contributed by atoms with Gasteiger partial charge in [-0.1, -0.05) is 15.9 Å². The van der Waals surface area contributed by atoms with E-state index in [1.165, 1.54) is 12.1 Å². The molecule has 0 fully saturated rings. The molecule has 21 heavy (non-hydrogen) atoms. The fraction of sp³-hybridized carbons (Fsp3) is 0.0769. The fourth-order valence-corrected chi connectivity index (χ4v) is 2.08. The van der Waals surface area contributed by atoms with Crippen LogP contribution in [-0.4, -0.2) is 4.92 Å². The van der Waals surface area contributed by atoms with E-state index in [-0.39, 0.29) is 17.8 Å². The SMILES string of the molecule is O=[N+]([O-])c1cc(Br)ccc1CNc1cc(F)cc(F)c1F. The van der Waals surface area contributed by atoms with Gasteiger partial charge in [-0.2, -0.15) is 0 Å². The summed E-state index contributed by atoms with van der Waals surface area (Å²) in [7, 11) is 0. The summed E-state index contributed by atoms with van der Waals surface area (Å²) in [6.45, 7) is -0.149. The van der Waals surface area contributed by atoms with Crippen molar-refractivity contribution in [1.29, 1.82) is 0 Å². The molecule has 0 aromatic heterocycles. The molecular weight excluding hydrogens is 353 g/mol. The first-order valence-corrected chi connectivity index (χ1v) is 6.49. The number of nitrogens with one attached hydrogen (secondary N) is 1. The van der Waals surface area contributed by atoms with Crippen LogP contribution in [0.3, 0.4) is 0 Å². The number of nitrogens with zero attached hydrogens (tertiary/aromatic N) is 1. The molecule has 0 aliphatic carbocycles. The molecule has 0 heterocycles. The van der Waals surface area contributed by atoms with Crippen LogP contribution >= 0.6 is 15.9 Å². The number of halogens is 4. The van der Waals surface area contributed by atoms with Crippen molar-refractivity contribution in [1.82, 2.24) is 0 Å². The van der Waals surface area contributed by atoms with Crippen molar-refractivity contribution in [3.05, 3.63) is 67.9 Å². The van der Waals surface area contributed by atoms with Crippen LogP contribution < -0.4 is 5.32 Å². The number of hydrogen-bond acceptors (Lipinski definition) is 3. The zero-order valence-corrected chi connectivity index (χ0v) is 12.0. The third-order valence-electron chi connectivity index (χ3n) is 2.71. The number of rotatable bonds is 4. The third kappa shape index (κ3) is 3.52. The first-order valence-electron chi connectivity index (χ1n) is 5.69. The van der Waals surface area contributed by atoms with Gasteiger partial charge in [0.1, 0.15) is 5.82 Å². The summed E-state index contributed by atoms with van der Waals surface area (Å²) in [6, 6.07) is 5.53. The second-order valence-electron chi connectivity index (χ2n) is 4.13. The van der Waals surface area contributed by atoms with Crippen LogP contribution in [0.4, 0.5) is 24.5 Å². The summed E-state index contributed by atoms with van der Waals surface area (Å²) in [6.07, 6.45) is 0. The van der Waals surface area contributed by atoms with Gasteiger partial charge in [0.05, 0.1) is 10.6 Å². The van der Waals surface area contributed by atoms with Crippen molar-refractivity contribution in [2.75, 3.05) is 5.32 Å². The topological polar surface area (TPSA) is 55.2 Å². The number of hydrogen-bond donors (Lipinski definition) is 1. The number of nitro groups is 1. The maximum Gasteiger partial charge on any atom is 0.275 e. The Balaban J connectivity index is 2.27. The van der Waals surface area contributed by atoms with Crippen LogP contribution in [0, 0.1) is 27.6 Å². The molecule has 0 saturated heterocycles. The predicted octanol–water partition coefficient (Wildman–Crippen LogP) is 4.39. The Kier molecular flexibility index (Phi) is 4.46. The van der Waals surface area contributed by atoms with Gasteiger partial charge in [-0.25, -0.2) is 13.2 Å². The molecule has 0 aliphatic heterocycles. The van der Waals surface area contributed by atoms with Crippen molar-refractivity contribution in [3.63, 3.8) is 0 Å². The smallest absolute Gasteiger partial charge is 0.275 e. The lowest BCUT2D eigenvalue weighted by Gasteiger charge is -2.09. The van der Waals surface area contributed by atoms with Crippen LogP contribution in [0.15, 0.2) is 34.8 Å². The van der Waals surface area contributed by atoms with E-state index in [4.69, 9.17) is 0 Å². The largest absolute Gasteiger partial charge is 0.378 e. The molecule has 8 heteroatoms. The van der Waals surface area contributed by atoms with Gasteiger partial charge in [0.2, 0.25) is 0 Å². The molecule has 0 bridgehead atoms. The van der Waals surface area contributed by atoms with E-state index in [1.807, 2.05) is 0 Å². The molecule has 4 nitrogen and oxygen atoms in total. The highest BCUT2D eigenvalue weighted by Gasteiger charge is 2.16. The van der Waals surface area contributed by atoms with Gasteiger partial charge < -0.3 is 5.32 Å². The molecule has 0 radical (unpaired) electrons. The molecule has 0 saturated carbocycles. The van der Waals surface area contributed by atoms with Gasteiger partial charge in [-0.15, -0.1) is 0 Å². The molecule has 0 spiro atoms. The molecular formula is C13H8BrF3N2O2. The highest BCUT2D eigenvalue weighted by molar-refractivity contribution is 9.10. The highest BCUT2D eigenvalue weighted by atomic mass is 79.9. The van der Waals surface area contributed by atoms with Gasteiger partial charge in [-0.3, -0.25) is 10.1 Å². The monoisotopic (exact) mass is 360 g/mol. The van der Waals surface area contributed by atoms with Crippen LogP contribution in [0.25, 0.3) is 0 Å². The Labute approximate surface area is 125 Å². The van der Waals surface area contributed by atoms with E-state index in [1.54, 1.807) is 6.07 Å². The van der Waals surface area contributed by atoms with Crippen LogP contribution in [0.5, 0.6) is 0 Å². The van der Waals surface area contributed by atoms with E-state index in [0.717, 1.165) is 6.07 Å². The van der Waals surface area contributed by atoms with Gasteiger partial charge in [-0.05, 0) is 12.1 Å². The minimum absolute atomic E-state index is 0.149. The van der Waals surface area contributed by atoms with E-state index in [2.05, 4.69) is 21.2 Å². The van der Waals surface area contributed by atoms with Crippen LogP contribution in [-0.2, 0) is 6.54 Å². The Morgan fingerprint density at radius 2 is 1.90 bits per heavy atom. The summed E-state index contributed by atoms with van der Waals surface area (Å²) in [5.41, 5.74) is -0.328. The quantitative estimate of drug-likeness (QED) is 0.499. The van der Waals surface area contributed by atoms with E-state index in [0.29, 0.717) is 10.5 Å². The summed E-state index contributed by atoms with van der Waals surface area (Å²) < 4.78 is 40.1. The number of benzene rings is 2. The lowest BCUT2D eigenvalue weighted by molar-refractivity contribution is -0.385. The van der Waals surface area contributed by atoms with Crippen molar-refractivity contribution in [2.24, 2.45) is 0 Å². The first kappa shape index (κ1) is 15.3. The van der Waals surface area contributed by atoms with Gasteiger partial charge >= 0.3 is 0 Å². The molecule has 0 unspecified atom stereocenters. The number of anilines is 1. The molecule has 1 N–H and O–H groups in total. The Hall–Kier alpha value is -2.09. The zero-order valence-electron chi connectivity index (χ0n) is 10.4. The van der Waals surface area contributed by atoms with E-state index >= 15 is 0 Å². The summed E-state index contributed by atoms with van der Waals surface area (Å²) in [4.78, 5) is 10.3. The molecule has 110 valence electrons. The van der Waals surface area contributed by atoms with Crippen molar-refractivity contribution < 1.29 is 18.1 Å². The molecule has 0 aliphatic rings. The lowest BCUT2D eigenvalue weighted by Crippen LogP contribution is -2.06. The minimum atomic E-state index is -1.33. The fourth-order valence-electron chi connectivity index (χ4n) is 1.73. The predicted molar refractivity (Wildman–Crippen MR) is 74.4 cm³/mol.